The minimum Gasteiger partial charge on any atom is -0.377 e. The van der Waals surface area contributed by atoms with Crippen molar-refractivity contribution in [3.63, 3.8) is 0 Å². The van der Waals surface area contributed by atoms with Crippen LogP contribution in [-0.4, -0.2) is 16.0 Å². The van der Waals surface area contributed by atoms with Crippen molar-refractivity contribution in [2.75, 3.05) is 5.32 Å². The molecule has 0 saturated carbocycles. The molecular formula is C17H16Cl2N4S2. The van der Waals surface area contributed by atoms with Crippen molar-refractivity contribution < 1.29 is 0 Å². The molecule has 0 aromatic carbocycles. The van der Waals surface area contributed by atoms with Crippen molar-refractivity contribution in [2.24, 2.45) is 5.73 Å². The monoisotopic (exact) mass is 410 g/mol. The van der Waals surface area contributed by atoms with Gasteiger partial charge in [-0.05, 0) is 12.8 Å². The maximum atomic E-state index is 6.67. The van der Waals surface area contributed by atoms with Crippen molar-refractivity contribution in [3.8, 4) is 0 Å². The summed E-state index contributed by atoms with van der Waals surface area (Å²) in [6.07, 6.45) is 7.89. The molecule has 0 spiro atoms. The van der Waals surface area contributed by atoms with Crippen LogP contribution in [0.2, 0.25) is 10.2 Å². The fourth-order valence-electron chi connectivity index (χ4n) is 3.04. The number of fused-ring (bicyclic) bond motifs is 1. The van der Waals surface area contributed by atoms with Gasteiger partial charge in [-0.3, -0.25) is 0 Å². The van der Waals surface area contributed by atoms with Crippen LogP contribution in [0.5, 0.6) is 0 Å². The molecule has 1 aliphatic carbocycles. The summed E-state index contributed by atoms with van der Waals surface area (Å²) < 4.78 is 1.02. The highest BCUT2D eigenvalue weighted by atomic mass is 35.5. The van der Waals surface area contributed by atoms with Crippen LogP contribution in [-0.2, 0) is 6.54 Å². The van der Waals surface area contributed by atoms with Gasteiger partial charge in [-0.25, -0.2) is 9.97 Å². The number of nitrogens with two attached hydrogens (primary N) is 1. The highest BCUT2D eigenvalue weighted by Crippen LogP contribution is 2.45. The predicted molar refractivity (Wildman–Crippen MR) is 108 cm³/mol. The van der Waals surface area contributed by atoms with Gasteiger partial charge in [0, 0.05) is 34.5 Å². The third-order valence-electron chi connectivity index (χ3n) is 4.31. The first-order chi connectivity index (χ1) is 12.1. The van der Waals surface area contributed by atoms with E-state index < -0.39 is 0 Å². The van der Waals surface area contributed by atoms with E-state index in [2.05, 4.69) is 27.4 Å². The van der Waals surface area contributed by atoms with E-state index in [-0.39, 0.29) is 12.0 Å². The Hall–Kier alpha value is -1.18. The molecule has 2 atom stereocenters. The molecule has 8 heteroatoms. The number of hydrogen-bond acceptors (Lipinski definition) is 6. The Morgan fingerprint density at radius 2 is 2.12 bits per heavy atom. The summed E-state index contributed by atoms with van der Waals surface area (Å²) in [6.45, 7) is 0.643. The number of thiazole rings is 1. The maximum Gasteiger partial charge on any atom is 0.131 e. The van der Waals surface area contributed by atoms with E-state index in [1.807, 2.05) is 11.4 Å². The number of thiophene rings is 1. The number of rotatable bonds is 4. The van der Waals surface area contributed by atoms with Crippen LogP contribution in [0.3, 0.4) is 0 Å². The number of anilines is 1. The maximum absolute atomic E-state index is 6.67. The molecule has 3 aromatic heterocycles. The lowest BCUT2D eigenvalue weighted by atomic mass is 9.88. The zero-order chi connectivity index (χ0) is 17.4. The minimum absolute atomic E-state index is 0.0813. The standard InChI is InChI=1S/C17H16Cl2N4S2/c18-12-7-11(22-8-13-21-5-6-24-13)17-15(23-12)14(19)16(25-17)9-3-1-2-4-10(9)20/h1-2,5-7,9-10H,3-4,8,20H2,(H,22,23)/t9-,10-/m0/s1. The van der Waals surface area contributed by atoms with E-state index in [4.69, 9.17) is 28.9 Å². The normalized spacial score (nSPS) is 20.3. The molecule has 0 radical (unpaired) electrons. The fourth-order valence-corrected chi connectivity index (χ4v) is 5.56. The lowest BCUT2D eigenvalue weighted by Gasteiger charge is -2.24. The van der Waals surface area contributed by atoms with Crippen LogP contribution in [0.1, 0.15) is 28.6 Å². The Morgan fingerprint density at radius 1 is 1.28 bits per heavy atom. The van der Waals surface area contributed by atoms with Crippen molar-refractivity contribution in [3.05, 3.63) is 49.9 Å². The van der Waals surface area contributed by atoms with E-state index >= 15 is 0 Å². The number of nitrogens with zero attached hydrogens (tertiary/aromatic N) is 2. The second kappa shape index (κ2) is 7.21. The molecule has 4 rings (SSSR count). The van der Waals surface area contributed by atoms with Crippen molar-refractivity contribution in [2.45, 2.75) is 31.3 Å². The van der Waals surface area contributed by atoms with Crippen molar-refractivity contribution in [1.82, 2.24) is 9.97 Å². The van der Waals surface area contributed by atoms with Gasteiger partial charge in [0.15, 0.2) is 0 Å². The summed E-state index contributed by atoms with van der Waals surface area (Å²) >= 11 is 16.2. The average Bonchev–Trinajstić information content (AvgIpc) is 3.22. The summed E-state index contributed by atoms with van der Waals surface area (Å²) in [4.78, 5) is 9.85. The van der Waals surface area contributed by atoms with E-state index in [9.17, 15) is 0 Å². The second-order valence-electron chi connectivity index (χ2n) is 5.94. The molecule has 0 bridgehead atoms. The quantitative estimate of drug-likeness (QED) is 0.444. The van der Waals surface area contributed by atoms with Gasteiger partial charge < -0.3 is 11.1 Å². The summed E-state index contributed by atoms with van der Waals surface area (Å²) in [5.41, 5.74) is 8.00. The molecule has 25 heavy (non-hydrogen) atoms. The van der Waals surface area contributed by atoms with Crippen molar-refractivity contribution >= 4 is 61.8 Å². The van der Waals surface area contributed by atoms with Crippen LogP contribution in [0.25, 0.3) is 10.2 Å². The Bertz CT molecular complexity index is 921. The SMILES string of the molecule is N[C@H]1CC=CC[C@@H]1c1sc2c(NCc3nccs3)cc(Cl)nc2c1Cl. The molecule has 1 aliphatic rings. The first kappa shape index (κ1) is 17.2. The number of aromatic nitrogens is 2. The van der Waals surface area contributed by atoms with E-state index in [1.165, 1.54) is 0 Å². The summed E-state index contributed by atoms with van der Waals surface area (Å²) in [5.74, 6) is 0.224. The molecule has 0 fully saturated rings. The zero-order valence-corrected chi connectivity index (χ0v) is 16.4. The molecule has 4 nitrogen and oxygen atoms in total. The third kappa shape index (κ3) is 3.41. The topological polar surface area (TPSA) is 63.8 Å². The van der Waals surface area contributed by atoms with Crippen LogP contribution in [0.15, 0.2) is 29.8 Å². The minimum atomic E-state index is 0.0813. The van der Waals surface area contributed by atoms with Gasteiger partial charge in [0.2, 0.25) is 0 Å². The third-order valence-corrected chi connectivity index (χ3v) is 7.12. The van der Waals surface area contributed by atoms with Gasteiger partial charge in [-0.1, -0.05) is 35.4 Å². The number of halogens is 2. The van der Waals surface area contributed by atoms with E-state index in [0.717, 1.165) is 38.6 Å². The fraction of sp³-hybridized carbons (Fsp3) is 0.294. The van der Waals surface area contributed by atoms with E-state index in [1.54, 1.807) is 28.9 Å². The zero-order valence-electron chi connectivity index (χ0n) is 13.2. The van der Waals surface area contributed by atoms with Gasteiger partial charge in [0.05, 0.1) is 22.0 Å². The van der Waals surface area contributed by atoms with Crippen LogP contribution in [0, 0.1) is 0 Å². The van der Waals surface area contributed by atoms with Gasteiger partial charge in [0.25, 0.3) is 0 Å². The molecule has 0 amide bonds. The van der Waals surface area contributed by atoms with Gasteiger partial charge in [-0.2, -0.15) is 0 Å². The van der Waals surface area contributed by atoms with Gasteiger partial charge in [0.1, 0.15) is 15.7 Å². The number of hydrogen-bond donors (Lipinski definition) is 2. The lowest BCUT2D eigenvalue weighted by Crippen LogP contribution is -2.29. The molecule has 3 heterocycles. The summed E-state index contributed by atoms with van der Waals surface area (Å²) in [6, 6.07) is 1.92. The summed E-state index contributed by atoms with van der Waals surface area (Å²) in [5, 5.41) is 7.50. The highest BCUT2D eigenvalue weighted by Gasteiger charge is 2.27. The number of pyridine rings is 1. The van der Waals surface area contributed by atoms with Gasteiger partial charge >= 0.3 is 0 Å². The number of allylic oxidation sites excluding steroid dienone is 1. The molecule has 130 valence electrons. The molecule has 0 saturated heterocycles. The highest BCUT2D eigenvalue weighted by molar-refractivity contribution is 7.20. The van der Waals surface area contributed by atoms with Crippen LogP contribution < -0.4 is 11.1 Å². The van der Waals surface area contributed by atoms with E-state index in [0.29, 0.717) is 16.7 Å². The Balaban J connectivity index is 1.73. The molecule has 0 aliphatic heterocycles. The number of nitrogens with one attached hydrogen (secondary N) is 1. The average molecular weight is 411 g/mol. The molecule has 0 unspecified atom stereocenters. The van der Waals surface area contributed by atoms with Gasteiger partial charge in [-0.15, -0.1) is 22.7 Å². The Morgan fingerprint density at radius 3 is 2.88 bits per heavy atom. The Kier molecular flexibility index (Phi) is 4.97. The van der Waals surface area contributed by atoms with Crippen LogP contribution >= 0.6 is 45.9 Å². The first-order valence-electron chi connectivity index (χ1n) is 7.94. The largest absolute Gasteiger partial charge is 0.377 e. The van der Waals surface area contributed by atoms with Crippen LogP contribution in [0.4, 0.5) is 5.69 Å². The smallest absolute Gasteiger partial charge is 0.131 e. The second-order valence-corrected chi connectivity index (χ2v) is 8.74. The molecule has 3 aromatic rings. The lowest BCUT2D eigenvalue weighted by molar-refractivity contribution is 0.528. The predicted octanol–water partition coefficient (Wildman–Crippen LogP) is 5.43. The Labute approximate surface area is 163 Å². The first-order valence-corrected chi connectivity index (χ1v) is 10.4. The summed E-state index contributed by atoms with van der Waals surface area (Å²) in [7, 11) is 0. The van der Waals surface area contributed by atoms with Crippen molar-refractivity contribution in [1.29, 1.82) is 0 Å². The molecular weight excluding hydrogens is 395 g/mol. The molecule has 3 N–H and O–H groups in total.